The lowest BCUT2D eigenvalue weighted by Crippen LogP contribution is -1.70. The fraction of sp³-hybridized carbons (Fsp3) is 0.111. The molecule has 1 aromatic carbocycles. The van der Waals surface area contributed by atoms with E-state index in [1.54, 1.807) is 25.1 Å². The van der Waals surface area contributed by atoms with Gasteiger partial charge in [-0.05, 0) is 25.1 Å². The van der Waals surface area contributed by atoms with Gasteiger partial charge in [-0.15, -0.1) is 0 Å². The van der Waals surface area contributed by atoms with Crippen LogP contribution in [-0.4, -0.2) is 0 Å². The van der Waals surface area contributed by atoms with Crippen LogP contribution in [0.4, 0.5) is 4.39 Å². The zero-order chi connectivity index (χ0) is 7.84. The van der Waals surface area contributed by atoms with Gasteiger partial charge in [0.05, 0.1) is 5.39 Å². The van der Waals surface area contributed by atoms with E-state index in [0.29, 0.717) is 11.0 Å². The highest BCUT2D eigenvalue weighted by Crippen LogP contribution is 2.20. The third-order valence-corrected chi connectivity index (χ3v) is 1.63. The Kier molecular flexibility index (Phi) is 1.22. The molecule has 0 unspecified atom stereocenters. The van der Waals surface area contributed by atoms with E-state index >= 15 is 0 Å². The highest BCUT2D eigenvalue weighted by Gasteiger charge is 2.03. The van der Waals surface area contributed by atoms with Crippen molar-refractivity contribution in [3.05, 3.63) is 35.8 Å². The Labute approximate surface area is 63.4 Å². The largest absolute Gasteiger partial charge is 0.461 e. The van der Waals surface area contributed by atoms with Gasteiger partial charge in [-0.2, -0.15) is 0 Å². The van der Waals surface area contributed by atoms with Crippen LogP contribution < -0.4 is 0 Å². The monoisotopic (exact) mass is 150 g/mol. The molecule has 0 N–H and O–H groups in total. The lowest BCUT2D eigenvalue weighted by molar-refractivity contribution is 0.577. The topological polar surface area (TPSA) is 13.1 Å². The van der Waals surface area contributed by atoms with Gasteiger partial charge in [0.15, 0.2) is 0 Å². The van der Waals surface area contributed by atoms with Crippen molar-refractivity contribution in [1.82, 2.24) is 0 Å². The summed E-state index contributed by atoms with van der Waals surface area (Å²) in [5, 5.41) is 0.560. The molecule has 0 radical (unpaired) electrons. The average molecular weight is 150 g/mol. The van der Waals surface area contributed by atoms with E-state index < -0.39 is 0 Å². The van der Waals surface area contributed by atoms with Gasteiger partial charge >= 0.3 is 0 Å². The first-order chi connectivity index (χ1) is 5.27. The van der Waals surface area contributed by atoms with Gasteiger partial charge in [0, 0.05) is 0 Å². The first-order valence-electron chi connectivity index (χ1n) is 3.42. The zero-order valence-electron chi connectivity index (χ0n) is 6.10. The van der Waals surface area contributed by atoms with Crippen molar-refractivity contribution in [1.29, 1.82) is 0 Å². The van der Waals surface area contributed by atoms with Gasteiger partial charge in [0.1, 0.15) is 17.2 Å². The number of halogens is 1. The molecular weight excluding hydrogens is 143 g/mol. The molecule has 1 aromatic heterocycles. The highest BCUT2D eigenvalue weighted by atomic mass is 19.1. The van der Waals surface area contributed by atoms with Gasteiger partial charge in [-0.25, -0.2) is 4.39 Å². The second-order valence-corrected chi connectivity index (χ2v) is 2.51. The fourth-order valence-electron chi connectivity index (χ4n) is 1.15. The molecule has 0 spiro atoms. The van der Waals surface area contributed by atoms with Crippen LogP contribution in [0.1, 0.15) is 5.76 Å². The van der Waals surface area contributed by atoms with Gasteiger partial charge in [-0.3, -0.25) is 0 Å². The Hall–Kier alpha value is -1.31. The van der Waals surface area contributed by atoms with Crippen molar-refractivity contribution in [3.63, 3.8) is 0 Å². The van der Waals surface area contributed by atoms with Gasteiger partial charge < -0.3 is 4.42 Å². The lowest BCUT2D eigenvalue weighted by Gasteiger charge is -1.87. The SMILES string of the molecule is Cc1cc2c(F)cccc2o1. The zero-order valence-corrected chi connectivity index (χ0v) is 6.10. The maximum atomic E-state index is 12.9. The molecule has 0 aliphatic carbocycles. The maximum Gasteiger partial charge on any atom is 0.137 e. The molecule has 0 bridgehead atoms. The van der Waals surface area contributed by atoms with Crippen molar-refractivity contribution >= 4 is 11.0 Å². The van der Waals surface area contributed by atoms with Crippen LogP contribution in [0.25, 0.3) is 11.0 Å². The van der Waals surface area contributed by atoms with Crippen LogP contribution in [-0.2, 0) is 0 Å². The van der Waals surface area contributed by atoms with Crippen molar-refractivity contribution in [2.45, 2.75) is 6.92 Å². The number of aryl methyl sites for hydroxylation is 1. The van der Waals surface area contributed by atoms with Crippen LogP contribution in [0, 0.1) is 12.7 Å². The molecule has 0 amide bonds. The van der Waals surface area contributed by atoms with Gasteiger partial charge in [-0.1, -0.05) is 6.07 Å². The first kappa shape index (κ1) is 6.40. The first-order valence-corrected chi connectivity index (χ1v) is 3.42. The number of hydrogen-bond acceptors (Lipinski definition) is 1. The van der Waals surface area contributed by atoms with E-state index in [4.69, 9.17) is 4.42 Å². The van der Waals surface area contributed by atoms with Crippen LogP contribution in [0.15, 0.2) is 28.7 Å². The van der Waals surface area contributed by atoms with E-state index in [1.807, 2.05) is 0 Å². The highest BCUT2D eigenvalue weighted by molar-refractivity contribution is 5.78. The van der Waals surface area contributed by atoms with E-state index in [2.05, 4.69) is 0 Å². The minimum absolute atomic E-state index is 0.223. The molecule has 0 saturated carbocycles. The summed E-state index contributed by atoms with van der Waals surface area (Å²) in [5.41, 5.74) is 0.613. The molecule has 2 heteroatoms. The molecule has 0 aliphatic heterocycles. The van der Waals surface area contributed by atoms with E-state index in [1.165, 1.54) is 6.07 Å². The second-order valence-electron chi connectivity index (χ2n) is 2.51. The molecule has 1 heterocycles. The normalized spacial score (nSPS) is 10.7. The maximum absolute atomic E-state index is 12.9. The number of fused-ring (bicyclic) bond motifs is 1. The summed E-state index contributed by atoms with van der Waals surface area (Å²) in [6, 6.07) is 6.52. The molecule has 11 heavy (non-hydrogen) atoms. The summed E-state index contributed by atoms with van der Waals surface area (Å²) in [6.07, 6.45) is 0. The predicted molar refractivity (Wildman–Crippen MR) is 40.9 cm³/mol. The van der Waals surface area contributed by atoms with E-state index in [-0.39, 0.29) is 5.82 Å². The van der Waals surface area contributed by atoms with Crippen molar-refractivity contribution in [2.75, 3.05) is 0 Å². The Bertz CT molecular complexity index is 389. The molecular formula is C9H7FO. The van der Waals surface area contributed by atoms with Gasteiger partial charge in [0.2, 0.25) is 0 Å². The molecule has 2 aromatic rings. The number of rotatable bonds is 0. The summed E-state index contributed by atoms with van der Waals surface area (Å²) >= 11 is 0. The third kappa shape index (κ3) is 0.909. The van der Waals surface area contributed by atoms with Crippen molar-refractivity contribution in [3.8, 4) is 0 Å². The smallest absolute Gasteiger partial charge is 0.137 e. The Morgan fingerprint density at radius 1 is 1.36 bits per heavy atom. The minimum atomic E-state index is -0.223. The summed E-state index contributed by atoms with van der Waals surface area (Å²) in [4.78, 5) is 0. The molecule has 56 valence electrons. The van der Waals surface area contributed by atoms with Crippen LogP contribution in [0.5, 0.6) is 0 Å². The number of benzene rings is 1. The van der Waals surface area contributed by atoms with E-state index in [9.17, 15) is 4.39 Å². The standard InChI is InChI=1S/C9H7FO/c1-6-5-7-8(10)3-2-4-9(7)11-6/h2-5H,1H3. The summed E-state index contributed by atoms with van der Waals surface area (Å²) < 4.78 is 18.1. The fourth-order valence-corrected chi connectivity index (χ4v) is 1.15. The molecule has 0 aliphatic rings. The predicted octanol–water partition coefficient (Wildman–Crippen LogP) is 2.88. The summed E-state index contributed by atoms with van der Waals surface area (Å²) in [6.45, 7) is 1.80. The Balaban J connectivity index is 2.90. The van der Waals surface area contributed by atoms with Crippen LogP contribution >= 0.6 is 0 Å². The molecule has 0 atom stereocenters. The number of furan rings is 1. The molecule has 0 saturated heterocycles. The van der Waals surface area contributed by atoms with Crippen LogP contribution in [0.2, 0.25) is 0 Å². The van der Waals surface area contributed by atoms with Crippen LogP contribution in [0.3, 0.4) is 0 Å². The molecule has 0 fully saturated rings. The number of hydrogen-bond donors (Lipinski definition) is 0. The Morgan fingerprint density at radius 3 is 2.91 bits per heavy atom. The van der Waals surface area contributed by atoms with Gasteiger partial charge in [0.25, 0.3) is 0 Å². The second kappa shape index (κ2) is 2.09. The molecule has 2 rings (SSSR count). The third-order valence-electron chi connectivity index (χ3n) is 1.63. The van der Waals surface area contributed by atoms with Crippen molar-refractivity contribution < 1.29 is 8.81 Å². The molecule has 1 nitrogen and oxygen atoms in total. The average Bonchev–Trinajstić information content (AvgIpc) is 2.31. The van der Waals surface area contributed by atoms with E-state index in [0.717, 1.165) is 5.76 Å². The lowest BCUT2D eigenvalue weighted by atomic mass is 10.2. The summed E-state index contributed by atoms with van der Waals surface area (Å²) in [7, 11) is 0. The van der Waals surface area contributed by atoms with Crippen molar-refractivity contribution in [2.24, 2.45) is 0 Å². The minimum Gasteiger partial charge on any atom is -0.461 e. The Morgan fingerprint density at radius 2 is 2.18 bits per heavy atom. The summed E-state index contributed by atoms with van der Waals surface area (Å²) in [5.74, 6) is 0.518. The quantitative estimate of drug-likeness (QED) is 0.562.